The van der Waals surface area contributed by atoms with Crippen molar-refractivity contribution < 1.29 is 14.3 Å². The summed E-state index contributed by atoms with van der Waals surface area (Å²) >= 11 is 5.06. The average molecular weight is 379 g/mol. The van der Waals surface area contributed by atoms with Crippen LogP contribution in [0, 0.1) is 0 Å². The number of nitrogens with one attached hydrogen (secondary N) is 1. The molecule has 1 saturated heterocycles. The molecule has 27 heavy (non-hydrogen) atoms. The molecule has 7 heteroatoms. The zero-order valence-corrected chi connectivity index (χ0v) is 15.5. The third-order valence-electron chi connectivity index (χ3n) is 4.05. The Hall–Kier alpha value is -3.32. The molecule has 1 fully saturated rings. The number of rotatable bonds is 5. The Morgan fingerprint density at radius 1 is 1.26 bits per heavy atom. The minimum Gasteiger partial charge on any atom is -0.497 e. The van der Waals surface area contributed by atoms with Crippen molar-refractivity contribution in [2.45, 2.75) is 0 Å². The van der Waals surface area contributed by atoms with E-state index >= 15 is 0 Å². The van der Waals surface area contributed by atoms with Gasteiger partial charge in [-0.2, -0.15) is 0 Å². The lowest BCUT2D eigenvalue weighted by Crippen LogP contribution is -2.53. The van der Waals surface area contributed by atoms with Crippen LogP contribution in [0.15, 0.2) is 61.0 Å². The molecule has 0 atom stereocenters. The minimum atomic E-state index is -0.533. The standard InChI is InChI=1S/C20H17N3O3S/c1-3-10-23-19(25)17(18(24)22-20(23)27)11-14-12-21-9-8-16(14)13-4-6-15(26-2)7-5-13/h3-9,11-12H,1,10H2,2H3,(H,22,24,27). The lowest BCUT2D eigenvalue weighted by Gasteiger charge is -2.27. The molecular formula is C20H17N3O3S. The van der Waals surface area contributed by atoms with Gasteiger partial charge in [-0.25, -0.2) is 0 Å². The van der Waals surface area contributed by atoms with E-state index in [9.17, 15) is 9.59 Å². The Labute approximate surface area is 162 Å². The first-order valence-corrected chi connectivity index (χ1v) is 8.54. The Morgan fingerprint density at radius 3 is 2.67 bits per heavy atom. The van der Waals surface area contributed by atoms with Gasteiger partial charge in [-0.05, 0) is 47.6 Å². The van der Waals surface area contributed by atoms with Gasteiger partial charge in [0, 0.05) is 24.5 Å². The number of ether oxygens (including phenoxy) is 1. The van der Waals surface area contributed by atoms with Crippen molar-refractivity contribution in [1.82, 2.24) is 15.2 Å². The maximum Gasteiger partial charge on any atom is 0.265 e. The van der Waals surface area contributed by atoms with Crippen molar-refractivity contribution in [3.8, 4) is 16.9 Å². The first kappa shape index (κ1) is 18.5. The normalized spacial score (nSPS) is 15.7. The van der Waals surface area contributed by atoms with Crippen LogP contribution in [0.4, 0.5) is 0 Å². The predicted molar refractivity (Wildman–Crippen MR) is 107 cm³/mol. The van der Waals surface area contributed by atoms with Crippen molar-refractivity contribution in [1.29, 1.82) is 0 Å². The quantitative estimate of drug-likeness (QED) is 0.374. The van der Waals surface area contributed by atoms with Crippen LogP contribution < -0.4 is 10.1 Å². The maximum atomic E-state index is 12.7. The van der Waals surface area contributed by atoms with Crippen LogP contribution in [0.5, 0.6) is 5.75 Å². The highest BCUT2D eigenvalue weighted by Crippen LogP contribution is 2.27. The van der Waals surface area contributed by atoms with E-state index in [1.165, 1.54) is 11.0 Å². The van der Waals surface area contributed by atoms with E-state index in [0.29, 0.717) is 5.56 Å². The van der Waals surface area contributed by atoms with E-state index in [0.717, 1.165) is 16.9 Å². The van der Waals surface area contributed by atoms with Gasteiger partial charge in [0.1, 0.15) is 11.3 Å². The third kappa shape index (κ3) is 3.78. The summed E-state index contributed by atoms with van der Waals surface area (Å²) in [6.07, 6.45) is 6.34. The summed E-state index contributed by atoms with van der Waals surface area (Å²) in [6, 6.07) is 9.31. The monoisotopic (exact) mass is 379 g/mol. The fraction of sp³-hybridized carbons (Fsp3) is 0.100. The Bertz CT molecular complexity index is 951. The summed E-state index contributed by atoms with van der Waals surface area (Å²) in [4.78, 5) is 30.4. The number of methoxy groups -OCH3 is 1. The summed E-state index contributed by atoms with van der Waals surface area (Å²) < 4.78 is 5.18. The van der Waals surface area contributed by atoms with Crippen LogP contribution in [0.1, 0.15) is 5.56 Å². The van der Waals surface area contributed by atoms with Crippen LogP contribution in [0.3, 0.4) is 0 Å². The number of hydrogen-bond donors (Lipinski definition) is 1. The van der Waals surface area contributed by atoms with Crippen molar-refractivity contribution in [2.24, 2.45) is 0 Å². The molecule has 0 bridgehead atoms. The van der Waals surface area contributed by atoms with E-state index < -0.39 is 11.8 Å². The molecule has 1 aliphatic heterocycles. The lowest BCUT2D eigenvalue weighted by molar-refractivity contribution is -0.128. The number of hydrogen-bond acceptors (Lipinski definition) is 5. The minimum absolute atomic E-state index is 0.00629. The number of pyridine rings is 1. The smallest absolute Gasteiger partial charge is 0.265 e. The summed E-state index contributed by atoms with van der Waals surface area (Å²) in [6.45, 7) is 3.83. The summed E-state index contributed by atoms with van der Waals surface area (Å²) in [5.41, 5.74) is 2.39. The molecule has 1 aliphatic rings. The summed E-state index contributed by atoms with van der Waals surface area (Å²) in [7, 11) is 1.60. The van der Waals surface area contributed by atoms with Crippen LogP contribution in [-0.2, 0) is 9.59 Å². The Balaban J connectivity index is 2.03. The fourth-order valence-electron chi connectivity index (χ4n) is 2.70. The van der Waals surface area contributed by atoms with Crippen molar-refractivity contribution in [3.05, 3.63) is 66.5 Å². The second kappa shape index (κ2) is 7.92. The first-order valence-electron chi connectivity index (χ1n) is 8.13. The number of nitrogens with zero attached hydrogens (tertiary/aromatic N) is 2. The van der Waals surface area contributed by atoms with Gasteiger partial charge in [0.15, 0.2) is 5.11 Å². The van der Waals surface area contributed by atoms with E-state index in [2.05, 4.69) is 16.9 Å². The molecule has 6 nitrogen and oxygen atoms in total. The molecule has 0 radical (unpaired) electrons. The number of benzene rings is 1. The molecule has 0 saturated carbocycles. The average Bonchev–Trinajstić information content (AvgIpc) is 2.69. The summed E-state index contributed by atoms with van der Waals surface area (Å²) in [5.74, 6) is -0.258. The SMILES string of the molecule is C=CCN1C(=O)C(=Cc2cnccc2-c2ccc(OC)cc2)C(=O)NC1=S. The first-order chi connectivity index (χ1) is 13.0. The van der Waals surface area contributed by atoms with Crippen LogP contribution in [-0.4, -0.2) is 40.5 Å². The van der Waals surface area contributed by atoms with E-state index in [-0.39, 0.29) is 17.2 Å². The third-order valence-corrected chi connectivity index (χ3v) is 4.37. The molecule has 0 unspecified atom stereocenters. The van der Waals surface area contributed by atoms with Crippen molar-refractivity contribution in [3.63, 3.8) is 0 Å². The van der Waals surface area contributed by atoms with Crippen LogP contribution in [0.2, 0.25) is 0 Å². The van der Waals surface area contributed by atoms with Gasteiger partial charge in [0.25, 0.3) is 11.8 Å². The molecular weight excluding hydrogens is 362 g/mol. The zero-order chi connectivity index (χ0) is 19.4. The second-order valence-electron chi connectivity index (χ2n) is 5.71. The molecule has 1 aromatic heterocycles. The zero-order valence-electron chi connectivity index (χ0n) is 14.6. The van der Waals surface area contributed by atoms with Gasteiger partial charge >= 0.3 is 0 Å². The van der Waals surface area contributed by atoms with E-state index in [4.69, 9.17) is 17.0 Å². The number of aromatic nitrogens is 1. The van der Waals surface area contributed by atoms with Gasteiger partial charge in [-0.15, -0.1) is 6.58 Å². The highest BCUT2D eigenvalue weighted by Gasteiger charge is 2.32. The molecule has 1 aromatic carbocycles. The molecule has 3 rings (SSSR count). The van der Waals surface area contributed by atoms with Crippen molar-refractivity contribution in [2.75, 3.05) is 13.7 Å². The molecule has 2 amide bonds. The maximum absolute atomic E-state index is 12.7. The summed E-state index contributed by atoms with van der Waals surface area (Å²) in [5, 5.41) is 2.61. The van der Waals surface area contributed by atoms with Crippen molar-refractivity contribution >= 4 is 35.2 Å². The van der Waals surface area contributed by atoms with Gasteiger partial charge in [-0.1, -0.05) is 18.2 Å². The highest BCUT2D eigenvalue weighted by atomic mass is 32.1. The molecule has 0 spiro atoms. The largest absolute Gasteiger partial charge is 0.497 e. The lowest BCUT2D eigenvalue weighted by atomic mass is 9.99. The highest BCUT2D eigenvalue weighted by molar-refractivity contribution is 7.80. The van der Waals surface area contributed by atoms with Gasteiger partial charge in [-0.3, -0.25) is 24.8 Å². The number of carbonyl (C=O) groups excluding carboxylic acids is 2. The number of thiocarbonyl (C=S) groups is 1. The number of amides is 2. The van der Waals surface area contributed by atoms with Gasteiger partial charge in [0.05, 0.1) is 7.11 Å². The Morgan fingerprint density at radius 2 is 2.00 bits per heavy atom. The van der Waals surface area contributed by atoms with Gasteiger partial charge < -0.3 is 4.74 Å². The molecule has 2 aromatic rings. The molecule has 0 aliphatic carbocycles. The predicted octanol–water partition coefficient (Wildman–Crippen LogP) is 2.57. The fourth-order valence-corrected chi connectivity index (χ4v) is 2.95. The Kier molecular flexibility index (Phi) is 5.42. The van der Waals surface area contributed by atoms with Crippen LogP contribution in [0.25, 0.3) is 17.2 Å². The van der Waals surface area contributed by atoms with E-state index in [1.807, 2.05) is 30.3 Å². The second-order valence-corrected chi connectivity index (χ2v) is 6.10. The van der Waals surface area contributed by atoms with E-state index in [1.54, 1.807) is 25.6 Å². The van der Waals surface area contributed by atoms with Gasteiger partial charge in [0.2, 0.25) is 0 Å². The molecule has 136 valence electrons. The topological polar surface area (TPSA) is 71.5 Å². The number of carbonyl (C=O) groups is 2. The molecule has 1 N–H and O–H groups in total. The van der Waals surface area contributed by atoms with Crippen LogP contribution >= 0.6 is 12.2 Å². The molecule has 2 heterocycles.